The molecule has 2 nitrogen and oxygen atoms in total. The van der Waals surface area contributed by atoms with E-state index in [9.17, 15) is 4.79 Å². The SMILES string of the molecule is CC1CCC(N(C)C(=O)CC23C[C@H]4C[C@@H](CC(Br)(C4)C2)C3)CC1. The second kappa shape index (κ2) is 5.75. The normalized spacial score (nSPS) is 48.5. The lowest BCUT2D eigenvalue weighted by Crippen LogP contribution is -2.54. The first-order valence-corrected chi connectivity index (χ1v) is 10.6. The Morgan fingerprint density at radius 3 is 2.26 bits per heavy atom. The number of carbonyl (C=O) groups excluding carboxylic acids is 1. The summed E-state index contributed by atoms with van der Waals surface area (Å²) in [6.45, 7) is 2.35. The van der Waals surface area contributed by atoms with Crippen LogP contribution in [0.3, 0.4) is 0 Å². The van der Waals surface area contributed by atoms with Gasteiger partial charge in [0, 0.05) is 23.8 Å². The molecular weight excluding hydrogens is 350 g/mol. The van der Waals surface area contributed by atoms with Crippen LogP contribution in [0, 0.1) is 23.2 Å². The number of hydrogen-bond acceptors (Lipinski definition) is 1. The lowest BCUT2D eigenvalue weighted by molar-refractivity contribution is -0.139. The zero-order chi connectivity index (χ0) is 16.2. The highest BCUT2D eigenvalue weighted by molar-refractivity contribution is 9.10. The Balaban J connectivity index is 1.42. The number of nitrogens with zero attached hydrogens (tertiary/aromatic N) is 1. The van der Waals surface area contributed by atoms with E-state index in [-0.39, 0.29) is 0 Å². The predicted molar refractivity (Wildman–Crippen MR) is 97.6 cm³/mol. The summed E-state index contributed by atoms with van der Waals surface area (Å²) in [5.41, 5.74) is 0.320. The molecule has 3 heteroatoms. The number of carbonyl (C=O) groups is 1. The van der Waals surface area contributed by atoms with E-state index in [0.29, 0.717) is 21.7 Å². The lowest BCUT2D eigenvalue weighted by Gasteiger charge is -2.60. The predicted octanol–water partition coefficient (Wildman–Crippen LogP) is 5.15. The van der Waals surface area contributed by atoms with Gasteiger partial charge in [0.05, 0.1) is 0 Å². The molecule has 5 aliphatic carbocycles. The fourth-order valence-electron chi connectivity index (χ4n) is 6.82. The van der Waals surface area contributed by atoms with Crippen molar-refractivity contribution in [3.8, 4) is 0 Å². The Morgan fingerprint density at radius 2 is 1.70 bits per heavy atom. The topological polar surface area (TPSA) is 20.3 Å². The smallest absolute Gasteiger partial charge is 0.223 e. The molecule has 5 saturated carbocycles. The van der Waals surface area contributed by atoms with E-state index in [2.05, 4.69) is 34.8 Å². The molecule has 5 aliphatic rings. The highest BCUT2D eigenvalue weighted by Gasteiger charge is 2.57. The van der Waals surface area contributed by atoms with Gasteiger partial charge in [0.25, 0.3) is 0 Å². The van der Waals surface area contributed by atoms with Gasteiger partial charge in [-0.1, -0.05) is 22.9 Å². The van der Waals surface area contributed by atoms with E-state index in [1.807, 2.05) is 0 Å². The standard InChI is InChI=1S/C20H32BrNO/c1-14-3-5-17(6-4-14)22(2)18(23)12-19-8-15-7-16(9-19)11-20(21,10-15)13-19/h14-17H,3-13H2,1-2H3/t14?,15-,16-,17?,19?,20?/m1/s1. The van der Waals surface area contributed by atoms with Gasteiger partial charge in [-0.3, -0.25) is 4.79 Å². The molecule has 0 aliphatic heterocycles. The molecule has 23 heavy (non-hydrogen) atoms. The second-order valence-corrected chi connectivity index (χ2v) is 11.4. The van der Waals surface area contributed by atoms with Crippen LogP contribution in [0.15, 0.2) is 0 Å². The molecule has 5 fully saturated rings. The van der Waals surface area contributed by atoms with Crippen molar-refractivity contribution >= 4 is 21.8 Å². The van der Waals surface area contributed by atoms with Crippen LogP contribution in [-0.4, -0.2) is 28.2 Å². The van der Waals surface area contributed by atoms with Gasteiger partial charge in [-0.05, 0) is 87.4 Å². The van der Waals surface area contributed by atoms with E-state index in [4.69, 9.17) is 0 Å². The van der Waals surface area contributed by atoms with Gasteiger partial charge in [-0.15, -0.1) is 0 Å². The fourth-order valence-corrected chi connectivity index (χ4v) is 8.33. The maximum absolute atomic E-state index is 13.0. The summed E-state index contributed by atoms with van der Waals surface area (Å²) in [5, 5.41) is 0. The summed E-state index contributed by atoms with van der Waals surface area (Å²) in [4.78, 5) is 15.2. The van der Waals surface area contributed by atoms with Gasteiger partial charge in [0.1, 0.15) is 0 Å². The maximum Gasteiger partial charge on any atom is 0.223 e. The van der Waals surface area contributed by atoms with Crippen molar-refractivity contribution in [2.24, 2.45) is 23.2 Å². The number of rotatable bonds is 3. The van der Waals surface area contributed by atoms with Crippen LogP contribution in [0.1, 0.15) is 77.6 Å². The molecular formula is C20H32BrNO. The lowest BCUT2D eigenvalue weighted by atomic mass is 9.48. The van der Waals surface area contributed by atoms with Crippen molar-refractivity contribution in [2.75, 3.05) is 7.05 Å². The Bertz CT molecular complexity index is 468. The van der Waals surface area contributed by atoms with Gasteiger partial charge in [-0.25, -0.2) is 0 Å². The minimum atomic E-state index is 0.320. The summed E-state index contributed by atoms with van der Waals surface area (Å²) in [6, 6.07) is 0.505. The van der Waals surface area contributed by atoms with E-state index < -0.39 is 0 Å². The van der Waals surface area contributed by atoms with Gasteiger partial charge in [-0.2, -0.15) is 0 Å². The summed E-state index contributed by atoms with van der Waals surface area (Å²) in [6.07, 6.45) is 13.9. The summed E-state index contributed by atoms with van der Waals surface area (Å²) in [5.74, 6) is 3.04. The summed E-state index contributed by atoms with van der Waals surface area (Å²) < 4.78 is 0.371. The molecule has 0 aromatic rings. The third-order valence-electron chi connectivity index (χ3n) is 7.56. The van der Waals surface area contributed by atoms with Crippen molar-refractivity contribution < 1.29 is 4.79 Å². The highest BCUT2D eigenvalue weighted by atomic mass is 79.9. The van der Waals surface area contributed by atoms with Gasteiger partial charge >= 0.3 is 0 Å². The molecule has 0 heterocycles. The first kappa shape index (κ1) is 16.4. The van der Waals surface area contributed by atoms with Crippen LogP contribution in [0.5, 0.6) is 0 Å². The Hall–Kier alpha value is -0.0500. The molecule has 0 N–H and O–H groups in total. The molecule has 0 aromatic heterocycles. The van der Waals surface area contributed by atoms with Crippen LogP contribution in [-0.2, 0) is 4.79 Å². The van der Waals surface area contributed by atoms with E-state index in [1.54, 1.807) is 0 Å². The first-order chi connectivity index (χ1) is 10.9. The third kappa shape index (κ3) is 3.12. The van der Waals surface area contributed by atoms with Gasteiger partial charge in [0.2, 0.25) is 5.91 Å². The van der Waals surface area contributed by atoms with Crippen LogP contribution < -0.4 is 0 Å². The Kier molecular flexibility index (Phi) is 4.10. The van der Waals surface area contributed by atoms with Crippen LogP contribution >= 0.6 is 15.9 Å². The van der Waals surface area contributed by atoms with Crippen molar-refractivity contribution in [1.29, 1.82) is 0 Å². The molecule has 0 unspecified atom stereocenters. The minimum Gasteiger partial charge on any atom is -0.343 e. The molecule has 0 spiro atoms. The molecule has 4 bridgehead atoms. The average molecular weight is 382 g/mol. The minimum absolute atomic E-state index is 0.320. The monoisotopic (exact) mass is 381 g/mol. The van der Waals surface area contributed by atoms with Gasteiger partial charge < -0.3 is 4.90 Å². The largest absolute Gasteiger partial charge is 0.343 e. The van der Waals surface area contributed by atoms with Crippen molar-refractivity contribution in [2.45, 2.75) is 87.9 Å². The summed E-state index contributed by atoms with van der Waals surface area (Å²) in [7, 11) is 2.08. The first-order valence-electron chi connectivity index (χ1n) is 9.81. The molecule has 5 rings (SSSR count). The highest BCUT2D eigenvalue weighted by Crippen LogP contribution is 2.65. The number of halogens is 1. The zero-order valence-electron chi connectivity index (χ0n) is 14.8. The summed E-state index contributed by atoms with van der Waals surface area (Å²) >= 11 is 4.08. The van der Waals surface area contributed by atoms with Crippen molar-refractivity contribution in [3.63, 3.8) is 0 Å². The van der Waals surface area contributed by atoms with Gasteiger partial charge in [0.15, 0.2) is 0 Å². The van der Waals surface area contributed by atoms with Crippen molar-refractivity contribution in [1.82, 2.24) is 4.90 Å². The Labute approximate surface area is 149 Å². The molecule has 1 amide bonds. The molecule has 0 aromatic carbocycles. The zero-order valence-corrected chi connectivity index (χ0v) is 16.4. The maximum atomic E-state index is 13.0. The quantitative estimate of drug-likeness (QED) is 0.619. The molecule has 130 valence electrons. The fraction of sp³-hybridized carbons (Fsp3) is 0.950. The molecule has 0 radical (unpaired) electrons. The van der Waals surface area contributed by atoms with E-state index >= 15 is 0 Å². The molecule has 0 saturated heterocycles. The van der Waals surface area contributed by atoms with E-state index in [1.165, 1.54) is 64.2 Å². The Morgan fingerprint density at radius 1 is 1.09 bits per heavy atom. The second-order valence-electron chi connectivity index (χ2n) is 9.71. The number of alkyl halides is 1. The number of amides is 1. The third-order valence-corrected chi connectivity index (χ3v) is 8.49. The average Bonchev–Trinajstić information content (AvgIpc) is 2.44. The van der Waals surface area contributed by atoms with Crippen LogP contribution in [0.2, 0.25) is 0 Å². The van der Waals surface area contributed by atoms with Crippen LogP contribution in [0.25, 0.3) is 0 Å². The van der Waals surface area contributed by atoms with E-state index in [0.717, 1.165) is 24.2 Å². The van der Waals surface area contributed by atoms with Crippen molar-refractivity contribution in [3.05, 3.63) is 0 Å². The number of hydrogen-bond donors (Lipinski definition) is 0. The van der Waals surface area contributed by atoms with Crippen LogP contribution in [0.4, 0.5) is 0 Å². The molecule has 2 atom stereocenters.